The molecule has 2 aromatic heterocycles. The lowest BCUT2D eigenvalue weighted by atomic mass is 10.0. The Bertz CT molecular complexity index is 1290. The Hall–Kier alpha value is -3.12. The summed E-state index contributed by atoms with van der Waals surface area (Å²) >= 11 is 6.15. The van der Waals surface area contributed by atoms with E-state index in [1.807, 2.05) is 36.4 Å². The molecule has 3 heterocycles. The number of aromatic nitrogens is 3. The topological polar surface area (TPSA) is 71.0 Å². The molecule has 0 unspecified atom stereocenters. The minimum atomic E-state index is -0.247. The standard InChI is InChI=1S/C21H17ClN4O2/c22-14-5-6-18-16(9-14)17-11-25(8-7-19(17)24-18)20(27)12-26-21(28)15-4-2-1-3-13(15)10-23-26/h1-6,9-10,24H,7-8,11-12H2. The predicted octanol–water partition coefficient (Wildman–Crippen LogP) is 3.12. The van der Waals surface area contributed by atoms with Gasteiger partial charge in [-0.1, -0.05) is 29.8 Å². The first-order valence-electron chi connectivity index (χ1n) is 9.12. The van der Waals surface area contributed by atoms with Crippen LogP contribution in [0.2, 0.25) is 5.02 Å². The van der Waals surface area contributed by atoms with E-state index in [9.17, 15) is 9.59 Å². The van der Waals surface area contributed by atoms with Crippen LogP contribution >= 0.6 is 11.6 Å². The highest BCUT2D eigenvalue weighted by Gasteiger charge is 2.24. The van der Waals surface area contributed by atoms with Gasteiger partial charge in [0.2, 0.25) is 5.91 Å². The number of hydrogen-bond donors (Lipinski definition) is 1. The van der Waals surface area contributed by atoms with E-state index < -0.39 is 0 Å². The summed E-state index contributed by atoms with van der Waals surface area (Å²) in [5.74, 6) is -0.119. The Balaban J connectivity index is 1.43. The van der Waals surface area contributed by atoms with Crippen LogP contribution in [-0.4, -0.2) is 32.1 Å². The Labute approximate surface area is 165 Å². The second kappa shape index (κ2) is 6.49. The number of H-pyrrole nitrogens is 1. The molecule has 0 radical (unpaired) electrons. The molecule has 6 nitrogen and oxygen atoms in total. The molecule has 4 aromatic rings. The van der Waals surface area contributed by atoms with Crippen molar-refractivity contribution in [1.29, 1.82) is 0 Å². The average molecular weight is 393 g/mol. The zero-order valence-electron chi connectivity index (χ0n) is 15.0. The van der Waals surface area contributed by atoms with Gasteiger partial charge in [0.05, 0.1) is 11.6 Å². The smallest absolute Gasteiger partial charge is 0.275 e. The number of fused-ring (bicyclic) bond motifs is 4. The number of benzene rings is 2. The lowest BCUT2D eigenvalue weighted by Crippen LogP contribution is -2.40. The first-order chi connectivity index (χ1) is 13.6. The number of nitrogens with one attached hydrogen (secondary N) is 1. The van der Waals surface area contributed by atoms with Gasteiger partial charge in [-0.05, 0) is 24.3 Å². The highest BCUT2D eigenvalue weighted by Crippen LogP contribution is 2.29. The van der Waals surface area contributed by atoms with Crippen molar-refractivity contribution in [2.75, 3.05) is 6.54 Å². The second-order valence-corrected chi connectivity index (χ2v) is 7.47. The van der Waals surface area contributed by atoms with Crippen LogP contribution in [0.25, 0.3) is 21.7 Å². The van der Waals surface area contributed by atoms with Crippen molar-refractivity contribution in [2.45, 2.75) is 19.5 Å². The molecule has 7 heteroatoms. The van der Waals surface area contributed by atoms with Gasteiger partial charge in [0.25, 0.3) is 5.56 Å². The van der Waals surface area contributed by atoms with E-state index in [4.69, 9.17) is 11.6 Å². The van der Waals surface area contributed by atoms with Crippen molar-refractivity contribution in [3.05, 3.63) is 75.3 Å². The highest BCUT2D eigenvalue weighted by atomic mass is 35.5. The average Bonchev–Trinajstić information content (AvgIpc) is 3.07. The summed E-state index contributed by atoms with van der Waals surface area (Å²) in [7, 11) is 0. The molecule has 1 aliphatic heterocycles. The molecule has 0 bridgehead atoms. The number of halogens is 1. The Morgan fingerprint density at radius 3 is 2.93 bits per heavy atom. The van der Waals surface area contributed by atoms with Crippen LogP contribution in [0.3, 0.4) is 0 Å². The fourth-order valence-electron chi connectivity index (χ4n) is 3.87. The molecule has 1 amide bonds. The zero-order chi connectivity index (χ0) is 19.3. The molecule has 1 aliphatic rings. The highest BCUT2D eigenvalue weighted by molar-refractivity contribution is 6.31. The minimum Gasteiger partial charge on any atom is -0.358 e. The van der Waals surface area contributed by atoms with Gasteiger partial charge >= 0.3 is 0 Å². The number of nitrogens with zero attached hydrogens (tertiary/aromatic N) is 3. The number of carbonyl (C=O) groups is 1. The van der Waals surface area contributed by atoms with E-state index in [0.717, 1.165) is 34.0 Å². The van der Waals surface area contributed by atoms with Crippen LogP contribution in [0.15, 0.2) is 53.5 Å². The third kappa shape index (κ3) is 2.77. The normalized spacial score (nSPS) is 13.8. The summed E-state index contributed by atoms with van der Waals surface area (Å²) in [4.78, 5) is 30.7. The summed E-state index contributed by atoms with van der Waals surface area (Å²) in [5.41, 5.74) is 3.01. The van der Waals surface area contributed by atoms with Crippen molar-refractivity contribution >= 4 is 39.2 Å². The van der Waals surface area contributed by atoms with Gasteiger partial charge in [-0.15, -0.1) is 0 Å². The molecule has 28 heavy (non-hydrogen) atoms. The first kappa shape index (κ1) is 17.0. The summed E-state index contributed by atoms with van der Waals surface area (Å²) in [6, 6.07) is 13.0. The van der Waals surface area contributed by atoms with Crippen molar-refractivity contribution in [2.24, 2.45) is 0 Å². The molecule has 2 aromatic carbocycles. The van der Waals surface area contributed by atoms with E-state index >= 15 is 0 Å². The Kier molecular flexibility index (Phi) is 3.94. The molecular formula is C21H17ClN4O2. The largest absolute Gasteiger partial charge is 0.358 e. The number of rotatable bonds is 2. The van der Waals surface area contributed by atoms with Gasteiger partial charge in [0.15, 0.2) is 0 Å². The fourth-order valence-corrected chi connectivity index (χ4v) is 4.04. The zero-order valence-corrected chi connectivity index (χ0v) is 15.7. The van der Waals surface area contributed by atoms with Gasteiger partial charge in [-0.25, -0.2) is 4.68 Å². The first-order valence-corrected chi connectivity index (χ1v) is 9.49. The molecule has 1 N–H and O–H groups in total. The summed E-state index contributed by atoms with van der Waals surface area (Å²) < 4.78 is 1.24. The maximum atomic E-state index is 12.9. The predicted molar refractivity (Wildman–Crippen MR) is 108 cm³/mol. The molecule has 5 rings (SSSR count). The van der Waals surface area contributed by atoms with Gasteiger partial charge < -0.3 is 9.88 Å². The quantitative estimate of drug-likeness (QED) is 0.569. The Morgan fingerprint density at radius 2 is 2.04 bits per heavy atom. The van der Waals surface area contributed by atoms with E-state index in [2.05, 4.69) is 10.1 Å². The van der Waals surface area contributed by atoms with Crippen LogP contribution in [0.1, 0.15) is 11.3 Å². The van der Waals surface area contributed by atoms with Crippen molar-refractivity contribution in [3.63, 3.8) is 0 Å². The number of carbonyl (C=O) groups excluding carboxylic acids is 1. The molecule has 0 saturated carbocycles. The third-order valence-electron chi connectivity index (χ3n) is 5.34. The van der Waals surface area contributed by atoms with Gasteiger partial charge in [0.1, 0.15) is 6.54 Å². The molecule has 0 saturated heterocycles. The molecule has 0 atom stereocenters. The summed E-state index contributed by atoms with van der Waals surface area (Å²) in [5, 5.41) is 7.22. The van der Waals surface area contributed by atoms with Gasteiger partial charge in [-0.3, -0.25) is 9.59 Å². The van der Waals surface area contributed by atoms with Crippen LogP contribution in [0, 0.1) is 0 Å². The second-order valence-electron chi connectivity index (χ2n) is 7.03. The fraction of sp³-hybridized carbons (Fsp3) is 0.190. The molecule has 0 aliphatic carbocycles. The molecule has 0 fully saturated rings. The van der Waals surface area contributed by atoms with E-state index in [0.29, 0.717) is 23.5 Å². The number of aromatic amines is 1. The van der Waals surface area contributed by atoms with Crippen molar-refractivity contribution < 1.29 is 4.79 Å². The maximum absolute atomic E-state index is 12.9. The number of amides is 1. The van der Waals surface area contributed by atoms with E-state index in [1.54, 1.807) is 17.2 Å². The summed E-state index contributed by atoms with van der Waals surface area (Å²) in [6.07, 6.45) is 2.37. The van der Waals surface area contributed by atoms with Crippen LogP contribution in [0.5, 0.6) is 0 Å². The summed E-state index contributed by atoms with van der Waals surface area (Å²) in [6.45, 7) is 1.04. The number of hydrogen-bond acceptors (Lipinski definition) is 3. The SMILES string of the molecule is O=C(Cn1ncc2ccccc2c1=O)N1CCc2[nH]c3ccc(Cl)cc3c2C1. The molecule has 0 spiro atoms. The van der Waals surface area contributed by atoms with Gasteiger partial charge in [0, 0.05) is 52.1 Å². The van der Waals surface area contributed by atoms with Gasteiger partial charge in [-0.2, -0.15) is 5.10 Å². The van der Waals surface area contributed by atoms with E-state index in [-0.39, 0.29) is 18.0 Å². The van der Waals surface area contributed by atoms with Crippen LogP contribution in [0.4, 0.5) is 0 Å². The van der Waals surface area contributed by atoms with Crippen LogP contribution in [-0.2, 0) is 24.3 Å². The van der Waals surface area contributed by atoms with Crippen molar-refractivity contribution in [3.8, 4) is 0 Å². The monoisotopic (exact) mass is 392 g/mol. The van der Waals surface area contributed by atoms with E-state index in [1.165, 1.54) is 4.68 Å². The van der Waals surface area contributed by atoms with Crippen LogP contribution < -0.4 is 5.56 Å². The lowest BCUT2D eigenvalue weighted by molar-refractivity contribution is -0.133. The molecular weight excluding hydrogens is 376 g/mol. The maximum Gasteiger partial charge on any atom is 0.275 e. The molecule has 140 valence electrons. The minimum absolute atomic E-state index is 0.0673. The van der Waals surface area contributed by atoms with Crippen molar-refractivity contribution in [1.82, 2.24) is 19.7 Å². The lowest BCUT2D eigenvalue weighted by Gasteiger charge is -2.27. The Morgan fingerprint density at radius 1 is 1.18 bits per heavy atom. The third-order valence-corrected chi connectivity index (χ3v) is 5.57.